The molecule has 0 unspecified atom stereocenters. The van der Waals surface area contributed by atoms with Crippen LogP contribution in [-0.2, 0) is 0 Å². The molecule has 2 aromatic carbocycles. The summed E-state index contributed by atoms with van der Waals surface area (Å²) in [7, 11) is 0. The standard InChI is InChI=1S/C18H20Ge/c1-15-13-19(14-16(15)2,17-9-5-3-6-10-17)18-11-7-4-8-12-18/h3-12H,13-14H2,1-2H3. The predicted molar refractivity (Wildman–Crippen MR) is 85.9 cm³/mol. The van der Waals surface area contributed by atoms with Crippen LogP contribution in [-0.4, -0.2) is 13.3 Å². The van der Waals surface area contributed by atoms with Crippen LogP contribution < -0.4 is 8.79 Å². The molecule has 3 rings (SSSR count). The van der Waals surface area contributed by atoms with E-state index in [9.17, 15) is 0 Å². The van der Waals surface area contributed by atoms with Crippen LogP contribution in [0.15, 0.2) is 71.8 Å². The molecule has 0 N–H and O–H groups in total. The van der Waals surface area contributed by atoms with Crippen molar-refractivity contribution in [3.05, 3.63) is 71.8 Å². The molecule has 0 spiro atoms. The first-order valence-corrected chi connectivity index (χ1v) is 12.1. The third-order valence-corrected chi connectivity index (χ3v) is 15.3. The Balaban J connectivity index is 2.14. The second kappa shape index (κ2) is 5.01. The van der Waals surface area contributed by atoms with Crippen LogP contribution in [0.4, 0.5) is 0 Å². The van der Waals surface area contributed by atoms with E-state index in [1.165, 1.54) is 10.5 Å². The van der Waals surface area contributed by atoms with Crippen molar-refractivity contribution in [2.75, 3.05) is 0 Å². The quantitative estimate of drug-likeness (QED) is 0.587. The molecule has 0 saturated heterocycles. The molecule has 0 fully saturated rings. The van der Waals surface area contributed by atoms with Gasteiger partial charge in [0.15, 0.2) is 0 Å². The molecule has 1 heterocycles. The van der Waals surface area contributed by atoms with Crippen LogP contribution in [0.3, 0.4) is 0 Å². The van der Waals surface area contributed by atoms with Gasteiger partial charge in [0.05, 0.1) is 0 Å². The van der Waals surface area contributed by atoms with Crippen molar-refractivity contribution in [3.63, 3.8) is 0 Å². The summed E-state index contributed by atoms with van der Waals surface area (Å²) in [6.45, 7) is 4.66. The molecule has 0 radical (unpaired) electrons. The Bertz CT molecular complexity index is 541. The van der Waals surface area contributed by atoms with Crippen molar-refractivity contribution in [1.29, 1.82) is 0 Å². The SMILES string of the molecule is CC1=C(C)[CH2][Ge]([c]2ccccc2)([c]2ccccc2)[CH2]1. The zero-order valence-corrected chi connectivity index (χ0v) is 13.8. The summed E-state index contributed by atoms with van der Waals surface area (Å²) in [4.78, 5) is 0. The second-order valence-corrected chi connectivity index (χ2v) is 14.2. The summed E-state index contributed by atoms with van der Waals surface area (Å²) in [5.41, 5.74) is 3.26. The molecule has 0 bridgehead atoms. The van der Waals surface area contributed by atoms with Gasteiger partial charge in [-0.1, -0.05) is 0 Å². The van der Waals surface area contributed by atoms with Crippen molar-refractivity contribution < 1.29 is 0 Å². The number of rotatable bonds is 2. The zero-order chi connectivity index (χ0) is 13.3. The monoisotopic (exact) mass is 310 g/mol. The molecule has 2 aromatic rings. The second-order valence-electron chi connectivity index (χ2n) is 5.73. The average Bonchev–Trinajstić information content (AvgIpc) is 2.78. The summed E-state index contributed by atoms with van der Waals surface area (Å²) in [5, 5.41) is 2.67. The number of hydrogen-bond donors (Lipinski definition) is 0. The fraction of sp³-hybridized carbons (Fsp3) is 0.222. The minimum atomic E-state index is -2.19. The van der Waals surface area contributed by atoms with E-state index in [1.54, 1.807) is 19.9 Å². The van der Waals surface area contributed by atoms with E-state index in [2.05, 4.69) is 74.5 Å². The molecular weight excluding hydrogens is 289 g/mol. The fourth-order valence-corrected chi connectivity index (χ4v) is 14.6. The summed E-state index contributed by atoms with van der Waals surface area (Å²) in [5.74, 6) is 0. The molecule has 1 aliphatic rings. The van der Waals surface area contributed by atoms with Crippen LogP contribution in [0.2, 0.25) is 10.5 Å². The predicted octanol–water partition coefficient (Wildman–Crippen LogP) is 3.60. The molecule has 1 aliphatic heterocycles. The van der Waals surface area contributed by atoms with E-state index in [0.29, 0.717) is 0 Å². The topological polar surface area (TPSA) is 0 Å². The minimum absolute atomic E-state index is 1.33. The van der Waals surface area contributed by atoms with Gasteiger partial charge in [-0.15, -0.1) is 0 Å². The van der Waals surface area contributed by atoms with Gasteiger partial charge in [0.2, 0.25) is 0 Å². The summed E-state index contributed by atoms with van der Waals surface area (Å²) >= 11 is -2.19. The van der Waals surface area contributed by atoms with Crippen molar-refractivity contribution in [2.24, 2.45) is 0 Å². The first-order valence-electron chi connectivity index (χ1n) is 6.99. The maximum absolute atomic E-state index is 2.36. The molecule has 0 saturated carbocycles. The Morgan fingerprint density at radius 1 is 0.632 bits per heavy atom. The summed E-state index contributed by atoms with van der Waals surface area (Å²) in [6.07, 6.45) is 0. The molecule has 0 amide bonds. The van der Waals surface area contributed by atoms with Gasteiger partial charge in [0.1, 0.15) is 0 Å². The van der Waals surface area contributed by atoms with Crippen molar-refractivity contribution in [3.8, 4) is 0 Å². The van der Waals surface area contributed by atoms with Gasteiger partial charge in [-0.05, 0) is 0 Å². The number of allylic oxidation sites excluding steroid dienone is 2. The van der Waals surface area contributed by atoms with Crippen LogP contribution in [0.1, 0.15) is 13.8 Å². The van der Waals surface area contributed by atoms with E-state index in [4.69, 9.17) is 0 Å². The molecule has 0 nitrogen and oxygen atoms in total. The first kappa shape index (κ1) is 12.7. The molecular formula is C18H20Ge. The Morgan fingerprint density at radius 3 is 1.37 bits per heavy atom. The van der Waals surface area contributed by atoms with Crippen molar-refractivity contribution in [1.82, 2.24) is 0 Å². The van der Waals surface area contributed by atoms with Crippen molar-refractivity contribution >= 4 is 22.1 Å². The molecule has 1 heteroatoms. The summed E-state index contributed by atoms with van der Waals surface area (Å²) in [6, 6.07) is 22.5. The third-order valence-electron chi connectivity index (χ3n) is 4.52. The average molecular weight is 309 g/mol. The molecule has 0 aliphatic carbocycles. The Hall–Kier alpha value is -1.28. The van der Waals surface area contributed by atoms with Crippen LogP contribution in [0.25, 0.3) is 0 Å². The van der Waals surface area contributed by atoms with E-state index >= 15 is 0 Å². The van der Waals surface area contributed by atoms with Crippen LogP contribution in [0, 0.1) is 0 Å². The van der Waals surface area contributed by atoms with E-state index < -0.39 is 13.3 Å². The first-order chi connectivity index (χ1) is 9.22. The van der Waals surface area contributed by atoms with Gasteiger partial charge in [-0.25, -0.2) is 0 Å². The van der Waals surface area contributed by atoms with Gasteiger partial charge in [-0.3, -0.25) is 0 Å². The van der Waals surface area contributed by atoms with Gasteiger partial charge in [0, 0.05) is 0 Å². The Morgan fingerprint density at radius 2 is 1.00 bits per heavy atom. The van der Waals surface area contributed by atoms with Gasteiger partial charge in [-0.2, -0.15) is 0 Å². The third kappa shape index (κ3) is 2.19. The van der Waals surface area contributed by atoms with Gasteiger partial charge in [0.25, 0.3) is 0 Å². The Labute approximate surface area is 118 Å². The normalized spacial score (nSPS) is 17.8. The molecule has 96 valence electrons. The van der Waals surface area contributed by atoms with Crippen LogP contribution in [0.5, 0.6) is 0 Å². The Kier molecular flexibility index (Phi) is 3.36. The number of hydrogen-bond acceptors (Lipinski definition) is 0. The van der Waals surface area contributed by atoms with E-state index in [0.717, 1.165) is 0 Å². The molecule has 0 aromatic heterocycles. The van der Waals surface area contributed by atoms with E-state index in [1.807, 2.05) is 0 Å². The van der Waals surface area contributed by atoms with Gasteiger partial charge >= 0.3 is 118 Å². The maximum atomic E-state index is 2.36. The number of benzene rings is 2. The van der Waals surface area contributed by atoms with Crippen LogP contribution >= 0.6 is 0 Å². The van der Waals surface area contributed by atoms with Gasteiger partial charge < -0.3 is 0 Å². The van der Waals surface area contributed by atoms with Crippen molar-refractivity contribution in [2.45, 2.75) is 24.4 Å². The summed E-state index contributed by atoms with van der Waals surface area (Å²) < 4.78 is 3.26. The molecule has 19 heavy (non-hydrogen) atoms. The molecule has 0 atom stereocenters. The zero-order valence-electron chi connectivity index (χ0n) is 11.7. The van der Waals surface area contributed by atoms with E-state index in [-0.39, 0.29) is 0 Å². The fourth-order valence-electron chi connectivity index (χ4n) is 3.36.